The lowest BCUT2D eigenvalue weighted by molar-refractivity contribution is -0.136. The minimum atomic E-state index is -3.35. The highest BCUT2D eigenvalue weighted by atomic mass is 32.2. The molecule has 0 aliphatic carbocycles. The molecule has 0 saturated heterocycles. The second-order valence-electron chi connectivity index (χ2n) is 4.17. The van der Waals surface area contributed by atoms with Crippen molar-refractivity contribution in [1.82, 2.24) is 0 Å². The van der Waals surface area contributed by atoms with E-state index >= 15 is 0 Å². The van der Waals surface area contributed by atoms with Gasteiger partial charge in [0.05, 0.1) is 17.9 Å². The van der Waals surface area contributed by atoms with Crippen molar-refractivity contribution in [2.45, 2.75) is 26.0 Å². The van der Waals surface area contributed by atoms with Crippen LogP contribution in [0.25, 0.3) is 0 Å². The quantitative estimate of drug-likeness (QED) is 0.870. The summed E-state index contributed by atoms with van der Waals surface area (Å²) in [4.78, 5) is 10.4. The van der Waals surface area contributed by atoms with Crippen molar-refractivity contribution in [3.05, 3.63) is 34.9 Å². The molecule has 0 aliphatic heterocycles. The van der Waals surface area contributed by atoms with Gasteiger partial charge >= 0.3 is 5.97 Å². The van der Waals surface area contributed by atoms with E-state index in [9.17, 15) is 13.2 Å². The fourth-order valence-corrected chi connectivity index (χ4v) is 2.92. The third kappa shape index (κ3) is 4.56. The fourth-order valence-electron chi connectivity index (χ4n) is 1.51. The minimum Gasteiger partial charge on any atom is -0.481 e. The molecule has 1 rings (SSSR count). The average Bonchev–Trinajstić information content (AvgIpc) is 2.20. The molecule has 5 heteroatoms. The predicted octanol–water partition coefficient (Wildman–Crippen LogP) is 1.69. The Bertz CT molecular complexity index is 517. The first-order valence-corrected chi connectivity index (χ1v) is 7.10. The van der Waals surface area contributed by atoms with Crippen LogP contribution in [0, 0.1) is 13.8 Å². The van der Waals surface area contributed by atoms with Gasteiger partial charge in [0.25, 0.3) is 0 Å². The summed E-state index contributed by atoms with van der Waals surface area (Å²) in [6.07, 6.45) is -0.340. The number of hydrogen-bond acceptors (Lipinski definition) is 3. The number of carboxylic acids is 1. The Kier molecular flexibility index (Phi) is 4.28. The molecule has 0 saturated carbocycles. The summed E-state index contributed by atoms with van der Waals surface area (Å²) >= 11 is 0. The van der Waals surface area contributed by atoms with E-state index in [-0.39, 0.29) is 17.9 Å². The Morgan fingerprint density at radius 2 is 1.94 bits per heavy atom. The summed E-state index contributed by atoms with van der Waals surface area (Å²) in [5, 5.41) is 8.48. The predicted molar refractivity (Wildman–Crippen MR) is 65.7 cm³/mol. The number of carboxylic acid groups (broad SMARTS) is 1. The second-order valence-corrected chi connectivity index (χ2v) is 6.35. The molecule has 0 bridgehead atoms. The zero-order valence-electron chi connectivity index (χ0n) is 9.93. The molecule has 0 heterocycles. The van der Waals surface area contributed by atoms with Crippen molar-refractivity contribution < 1.29 is 18.3 Å². The molecular formula is C12H16O4S. The number of sulfone groups is 1. The largest absolute Gasteiger partial charge is 0.481 e. The van der Waals surface area contributed by atoms with Crippen molar-refractivity contribution in [2.24, 2.45) is 0 Å². The lowest BCUT2D eigenvalue weighted by Gasteiger charge is -2.07. The van der Waals surface area contributed by atoms with Crippen LogP contribution in [-0.4, -0.2) is 25.2 Å². The highest BCUT2D eigenvalue weighted by molar-refractivity contribution is 7.90. The Morgan fingerprint density at radius 3 is 2.53 bits per heavy atom. The van der Waals surface area contributed by atoms with Crippen LogP contribution >= 0.6 is 0 Å². The maximum Gasteiger partial charge on any atom is 0.304 e. The van der Waals surface area contributed by atoms with Crippen LogP contribution in [0.4, 0.5) is 0 Å². The third-order valence-electron chi connectivity index (χ3n) is 2.51. The number of aryl methyl sites for hydroxylation is 2. The van der Waals surface area contributed by atoms with Gasteiger partial charge in [-0.1, -0.05) is 23.8 Å². The zero-order chi connectivity index (χ0) is 13.1. The molecule has 0 unspecified atom stereocenters. The van der Waals surface area contributed by atoms with Crippen molar-refractivity contribution in [1.29, 1.82) is 0 Å². The molecule has 0 radical (unpaired) electrons. The summed E-state index contributed by atoms with van der Waals surface area (Å²) in [5.74, 6) is -1.49. The van der Waals surface area contributed by atoms with E-state index in [1.165, 1.54) is 0 Å². The van der Waals surface area contributed by atoms with E-state index in [1.54, 1.807) is 0 Å². The molecule has 0 aromatic heterocycles. The smallest absolute Gasteiger partial charge is 0.304 e. The molecule has 0 amide bonds. The van der Waals surface area contributed by atoms with Gasteiger partial charge in [-0.2, -0.15) is 0 Å². The number of carbonyl (C=O) groups is 1. The fraction of sp³-hybridized carbons (Fsp3) is 0.417. The first kappa shape index (κ1) is 13.7. The molecule has 1 aromatic carbocycles. The number of hydrogen-bond donors (Lipinski definition) is 1. The van der Waals surface area contributed by atoms with E-state index < -0.39 is 15.8 Å². The topological polar surface area (TPSA) is 71.4 Å². The summed E-state index contributed by atoms with van der Waals surface area (Å²) in [7, 11) is -3.35. The normalized spacial score (nSPS) is 11.4. The summed E-state index contributed by atoms with van der Waals surface area (Å²) in [6.45, 7) is 3.74. The number of benzene rings is 1. The van der Waals surface area contributed by atoms with Crippen LogP contribution in [0.3, 0.4) is 0 Å². The highest BCUT2D eigenvalue weighted by Crippen LogP contribution is 2.14. The Hall–Kier alpha value is -1.36. The van der Waals surface area contributed by atoms with Gasteiger partial charge in [0.2, 0.25) is 0 Å². The first-order chi connectivity index (χ1) is 7.80. The van der Waals surface area contributed by atoms with Crippen molar-refractivity contribution in [3.63, 3.8) is 0 Å². The van der Waals surface area contributed by atoms with E-state index in [0.717, 1.165) is 16.7 Å². The van der Waals surface area contributed by atoms with E-state index in [1.807, 2.05) is 32.0 Å². The molecule has 4 nitrogen and oxygen atoms in total. The van der Waals surface area contributed by atoms with Gasteiger partial charge in [0.1, 0.15) is 0 Å². The molecule has 0 spiro atoms. The third-order valence-corrected chi connectivity index (χ3v) is 4.08. The van der Waals surface area contributed by atoms with Gasteiger partial charge < -0.3 is 5.11 Å². The minimum absolute atomic E-state index is 0.0895. The lowest BCUT2D eigenvalue weighted by Crippen LogP contribution is -2.13. The van der Waals surface area contributed by atoms with Gasteiger partial charge in [0.15, 0.2) is 9.84 Å². The highest BCUT2D eigenvalue weighted by Gasteiger charge is 2.15. The van der Waals surface area contributed by atoms with Gasteiger partial charge in [-0.15, -0.1) is 0 Å². The first-order valence-electron chi connectivity index (χ1n) is 5.28. The molecule has 0 aliphatic rings. The summed E-state index contributed by atoms with van der Waals surface area (Å²) < 4.78 is 23.4. The molecule has 94 valence electrons. The number of rotatable bonds is 5. The van der Waals surface area contributed by atoms with Gasteiger partial charge in [0, 0.05) is 0 Å². The van der Waals surface area contributed by atoms with Gasteiger partial charge in [-0.05, 0) is 25.0 Å². The van der Waals surface area contributed by atoms with Crippen LogP contribution < -0.4 is 0 Å². The summed E-state index contributed by atoms with van der Waals surface area (Å²) in [5.41, 5.74) is 2.66. The lowest BCUT2D eigenvalue weighted by atomic mass is 10.1. The molecule has 1 aromatic rings. The number of aliphatic carboxylic acids is 1. The van der Waals surface area contributed by atoms with Crippen LogP contribution in [0.15, 0.2) is 18.2 Å². The molecule has 0 atom stereocenters. The maximum absolute atomic E-state index is 11.7. The van der Waals surface area contributed by atoms with E-state index in [2.05, 4.69) is 0 Å². The van der Waals surface area contributed by atoms with Crippen LogP contribution in [0.5, 0.6) is 0 Å². The zero-order valence-corrected chi connectivity index (χ0v) is 10.8. The monoisotopic (exact) mass is 256 g/mol. The van der Waals surface area contributed by atoms with Crippen molar-refractivity contribution in [2.75, 3.05) is 5.75 Å². The van der Waals surface area contributed by atoms with Gasteiger partial charge in [-0.3, -0.25) is 4.79 Å². The Labute approximate surface area is 101 Å². The average molecular weight is 256 g/mol. The molecule has 0 fully saturated rings. The van der Waals surface area contributed by atoms with E-state index in [4.69, 9.17) is 5.11 Å². The van der Waals surface area contributed by atoms with Gasteiger partial charge in [-0.25, -0.2) is 8.42 Å². The van der Waals surface area contributed by atoms with Crippen LogP contribution in [-0.2, 0) is 20.4 Å². The van der Waals surface area contributed by atoms with Crippen molar-refractivity contribution >= 4 is 15.8 Å². The Morgan fingerprint density at radius 1 is 1.29 bits per heavy atom. The molecular weight excluding hydrogens is 240 g/mol. The standard InChI is InChI=1S/C12H16O4S/c1-9-3-4-10(2)11(7-9)8-17(15,16)6-5-12(13)14/h3-4,7H,5-6,8H2,1-2H3,(H,13,14). The second kappa shape index (κ2) is 5.31. The van der Waals surface area contributed by atoms with Crippen LogP contribution in [0.2, 0.25) is 0 Å². The molecule has 1 N–H and O–H groups in total. The summed E-state index contributed by atoms with van der Waals surface area (Å²) in [6, 6.07) is 5.62. The van der Waals surface area contributed by atoms with E-state index in [0.29, 0.717) is 0 Å². The Balaban J connectivity index is 2.83. The van der Waals surface area contributed by atoms with Crippen LogP contribution in [0.1, 0.15) is 23.1 Å². The maximum atomic E-state index is 11.7. The SMILES string of the molecule is Cc1ccc(C)c(CS(=O)(=O)CCC(=O)O)c1. The molecule has 17 heavy (non-hydrogen) atoms. The van der Waals surface area contributed by atoms with Crippen molar-refractivity contribution in [3.8, 4) is 0 Å².